The summed E-state index contributed by atoms with van der Waals surface area (Å²) in [4.78, 5) is 29.8. The molecular weight excluding hydrogens is 422 g/mol. The lowest BCUT2D eigenvalue weighted by molar-refractivity contribution is -0.118. The van der Waals surface area contributed by atoms with Crippen LogP contribution in [0.5, 0.6) is 5.75 Å². The Morgan fingerprint density at radius 3 is 2.18 bits per heavy atom. The lowest BCUT2D eigenvalue weighted by atomic mass is 9.62. The zero-order valence-corrected chi connectivity index (χ0v) is 20.8. The van der Waals surface area contributed by atoms with Crippen LogP contribution in [0.25, 0.3) is 0 Å². The second kappa shape index (κ2) is 7.97. The average molecular weight is 456 g/mol. The fraction of sp³-hybridized carbons (Fsp3) is 0.400. The molecular formula is C30H33NO3. The number of Topliss-reactive ketones (excluding diaryl/α,β-unsaturated/α-hetero) is 2. The van der Waals surface area contributed by atoms with E-state index in [9.17, 15) is 9.59 Å². The number of allylic oxidation sites excluding steroid dienone is 4. The van der Waals surface area contributed by atoms with Crippen molar-refractivity contribution >= 4 is 17.3 Å². The Hall–Kier alpha value is -3.14. The van der Waals surface area contributed by atoms with E-state index in [-0.39, 0.29) is 28.3 Å². The molecule has 0 saturated heterocycles. The molecule has 4 nitrogen and oxygen atoms in total. The van der Waals surface area contributed by atoms with Crippen LogP contribution in [0.1, 0.15) is 64.9 Å². The third kappa shape index (κ3) is 3.60. The van der Waals surface area contributed by atoms with E-state index in [1.165, 1.54) is 0 Å². The van der Waals surface area contributed by atoms with Crippen LogP contribution < -0.4 is 9.64 Å². The highest BCUT2D eigenvalue weighted by atomic mass is 16.5. The molecule has 0 fully saturated rings. The highest BCUT2D eigenvalue weighted by Crippen LogP contribution is 2.56. The van der Waals surface area contributed by atoms with Crippen molar-refractivity contribution in [3.63, 3.8) is 0 Å². The summed E-state index contributed by atoms with van der Waals surface area (Å²) in [6, 6.07) is 18.1. The van der Waals surface area contributed by atoms with E-state index < -0.39 is 0 Å². The first-order chi connectivity index (χ1) is 16.1. The van der Waals surface area contributed by atoms with E-state index in [1.807, 2.05) is 42.5 Å². The lowest BCUT2D eigenvalue weighted by Crippen LogP contribution is -2.46. The molecule has 176 valence electrons. The SMILES string of the molecule is COc1ccc(C2C3=C(CC(C)(C)CC3=O)N(c3ccccc3)C3=C2C(=O)CCC3(C)C)cc1. The number of rotatable bonds is 3. The monoisotopic (exact) mass is 455 g/mol. The summed E-state index contributed by atoms with van der Waals surface area (Å²) >= 11 is 0. The van der Waals surface area contributed by atoms with Crippen molar-refractivity contribution in [1.82, 2.24) is 0 Å². The molecule has 1 heterocycles. The van der Waals surface area contributed by atoms with Crippen LogP contribution >= 0.6 is 0 Å². The Labute approximate surface area is 202 Å². The molecule has 0 N–H and O–H groups in total. The highest BCUT2D eigenvalue weighted by Gasteiger charge is 2.50. The minimum absolute atomic E-state index is 0.145. The molecule has 34 heavy (non-hydrogen) atoms. The van der Waals surface area contributed by atoms with Crippen molar-refractivity contribution in [2.75, 3.05) is 12.0 Å². The molecule has 1 atom stereocenters. The van der Waals surface area contributed by atoms with E-state index in [1.54, 1.807) is 7.11 Å². The van der Waals surface area contributed by atoms with Gasteiger partial charge in [-0.1, -0.05) is 58.0 Å². The molecule has 3 aliphatic rings. The van der Waals surface area contributed by atoms with Crippen LogP contribution in [0.3, 0.4) is 0 Å². The zero-order valence-electron chi connectivity index (χ0n) is 20.8. The maximum Gasteiger partial charge on any atom is 0.162 e. The zero-order chi connectivity index (χ0) is 24.3. The second-order valence-electron chi connectivity index (χ2n) is 11.2. The van der Waals surface area contributed by atoms with Gasteiger partial charge in [0.1, 0.15) is 5.75 Å². The Bertz CT molecular complexity index is 1220. The lowest BCUT2D eigenvalue weighted by Gasteiger charge is -2.51. The number of anilines is 1. The van der Waals surface area contributed by atoms with Crippen molar-refractivity contribution in [2.45, 2.75) is 59.3 Å². The van der Waals surface area contributed by atoms with Gasteiger partial charge in [-0.05, 0) is 48.1 Å². The quantitative estimate of drug-likeness (QED) is 0.524. The van der Waals surface area contributed by atoms with E-state index in [2.05, 4.69) is 44.7 Å². The van der Waals surface area contributed by atoms with E-state index in [0.29, 0.717) is 12.8 Å². The first-order valence-electron chi connectivity index (χ1n) is 12.2. The first kappa shape index (κ1) is 22.6. The van der Waals surface area contributed by atoms with Gasteiger partial charge in [0.25, 0.3) is 0 Å². The smallest absolute Gasteiger partial charge is 0.162 e. The van der Waals surface area contributed by atoms with Crippen molar-refractivity contribution in [3.8, 4) is 5.75 Å². The van der Waals surface area contributed by atoms with Crippen molar-refractivity contribution in [2.24, 2.45) is 10.8 Å². The van der Waals surface area contributed by atoms with Gasteiger partial charge in [-0.3, -0.25) is 9.59 Å². The largest absolute Gasteiger partial charge is 0.497 e. The summed E-state index contributed by atoms with van der Waals surface area (Å²) in [5, 5.41) is 0. The summed E-state index contributed by atoms with van der Waals surface area (Å²) in [5.74, 6) is 0.725. The molecule has 5 rings (SSSR count). The van der Waals surface area contributed by atoms with E-state index in [4.69, 9.17) is 4.74 Å². The van der Waals surface area contributed by atoms with Gasteiger partial charge in [-0.2, -0.15) is 0 Å². The minimum Gasteiger partial charge on any atom is -0.497 e. The molecule has 2 aromatic carbocycles. The van der Waals surface area contributed by atoms with Crippen LogP contribution in [0.4, 0.5) is 5.69 Å². The van der Waals surface area contributed by atoms with Crippen LogP contribution in [-0.2, 0) is 9.59 Å². The third-order valence-corrected chi connectivity index (χ3v) is 7.60. The van der Waals surface area contributed by atoms with Gasteiger partial charge in [0.15, 0.2) is 11.6 Å². The van der Waals surface area contributed by atoms with E-state index in [0.717, 1.165) is 52.4 Å². The average Bonchev–Trinajstić information content (AvgIpc) is 2.80. The van der Waals surface area contributed by atoms with Crippen LogP contribution in [0.2, 0.25) is 0 Å². The predicted molar refractivity (Wildman–Crippen MR) is 135 cm³/mol. The second-order valence-corrected chi connectivity index (χ2v) is 11.2. The van der Waals surface area contributed by atoms with Gasteiger partial charge < -0.3 is 9.64 Å². The Kier molecular flexibility index (Phi) is 5.31. The fourth-order valence-corrected chi connectivity index (χ4v) is 6.00. The Morgan fingerprint density at radius 2 is 1.53 bits per heavy atom. The maximum absolute atomic E-state index is 13.8. The third-order valence-electron chi connectivity index (χ3n) is 7.60. The summed E-state index contributed by atoms with van der Waals surface area (Å²) in [6.45, 7) is 8.80. The molecule has 0 bridgehead atoms. The summed E-state index contributed by atoms with van der Waals surface area (Å²) < 4.78 is 5.38. The number of hydrogen-bond acceptors (Lipinski definition) is 4. The number of methoxy groups -OCH3 is 1. The molecule has 0 radical (unpaired) electrons. The topological polar surface area (TPSA) is 46.6 Å². The molecule has 0 spiro atoms. The van der Waals surface area contributed by atoms with Crippen LogP contribution in [0.15, 0.2) is 77.1 Å². The number of ether oxygens (including phenoxy) is 1. The molecule has 0 saturated carbocycles. The number of nitrogens with zero attached hydrogens (tertiary/aromatic N) is 1. The Morgan fingerprint density at radius 1 is 0.853 bits per heavy atom. The standard InChI is InChI=1S/C30H33NO3/c1-29(2)17-22-26(24(33)18-29)25(19-11-13-21(34-5)14-12-19)27-23(32)15-16-30(3,4)28(27)31(22)20-9-7-6-8-10-20/h6-14,25H,15-18H2,1-5H3. The van der Waals surface area contributed by atoms with Crippen molar-refractivity contribution in [3.05, 3.63) is 82.7 Å². The molecule has 2 aromatic rings. The fourth-order valence-electron chi connectivity index (χ4n) is 6.00. The van der Waals surface area contributed by atoms with Crippen LogP contribution in [-0.4, -0.2) is 18.7 Å². The molecule has 0 aromatic heterocycles. The Balaban J connectivity index is 1.84. The normalized spacial score (nSPS) is 23.6. The molecule has 2 aliphatic carbocycles. The summed E-state index contributed by atoms with van der Waals surface area (Å²) in [5.41, 5.74) is 5.34. The predicted octanol–water partition coefficient (Wildman–Crippen LogP) is 6.59. The number of benzene rings is 2. The summed E-state index contributed by atoms with van der Waals surface area (Å²) in [7, 11) is 1.65. The van der Waals surface area contributed by atoms with Gasteiger partial charge >= 0.3 is 0 Å². The molecule has 1 unspecified atom stereocenters. The van der Waals surface area contributed by atoms with Crippen molar-refractivity contribution < 1.29 is 14.3 Å². The van der Waals surface area contributed by atoms with Gasteiger partial charge in [0.05, 0.1) is 7.11 Å². The van der Waals surface area contributed by atoms with Gasteiger partial charge in [-0.15, -0.1) is 0 Å². The number of para-hydroxylation sites is 1. The maximum atomic E-state index is 13.8. The molecule has 0 amide bonds. The van der Waals surface area contributed by atoms with Gasteiger partial charge in [0, 0.05) is 52.4 Å². The minimum atomic E-state index is -0.341. The first-order valence-corrected chi connectivity index (χ1v) is 12.2. The number of ketones is 2. The van der Waals surface area contributed by atoms with E-state index >= 15 is 0 Å². The molecule has 4 heteroatoms. The van der Waals surface area contributed by atoms with Crippen LogP contribution in [0, 0.1) is 10.8 Å². The highest BCUT2D eigenvalue weighted by molar-refractivity contribution is 6.08. The van der Waals surface area contributed by atoms with Gasteiger partial charge in [0.2, 0.25) is 0 Å². The molecule has 1 aliphatic heterocycles. The number of carbonyl (C=O) groups excluding carboxylic acids is 2. The number of carbonyl (C=O) groups is 2. The van der Waals surface area contributed by atoms with Crippen molar-refractivity contribution in [1.29, 1.82) is 0 Å². The number of hydrogen-bond donors (Lipinski definition) is 0. The summed E-state index contributed by atoms with van der Waals surface area (Å²) in [6.07, 6.45) is 2.57. The van der Waals surface area contributed by atoms with Gasteiger partial charge in [-0.25, -0.2) is 0 Å².